The van der Waals surface area contributed by atoms with E-state index in [1.54, 1.807) is 12.1 Å². The summed E-state index contributed by atoms with van der Waals surface area (Å²) < 4.78 is 0. The van der Waals surface area contributed by atoms with Crippen molar-refractivity contribution < 1.29 is 0 Å². The molecule has 0 aliphatic heterocycles. The molecule has 0 saturated heterocycles. The Bertz CT molecular complexity index is 591. The number of hydrogen-bond acceptors (Lipinski definition) is 4. The van der Waals surface area contributed by atoms with Gasteiger partial charge in [0.05, 0.1) is 0 Å². The van der Waals surface area contributed by atoms with E-state index in [2.05, 4.69) is 9.97 Å². The van der Waals surface area contributed by atoms with Gasteiger partial charge in [-0.3, -0.25) is 4.79 Å². The first-order valence-corrected chi connectivity index (χ1v) is 5.32. The Morgan fingerprint density at radius 3 is 2.47 bits per heavy atom. The highest BCUT2D eigenvalue weighted by atomic mass is 35.5. The third-order valence-corrected chi connectivity index (χ3v) is 2.57. The van der Waals surface area contributed by atoms with E-state index in [4.69, 9.17) is 23.1 Å². The van der Waals surface area contributed by atoms with Gasteiger partial charge in [-0.25, -0.2) is 4.98 Å². The molecule has 0 atom stereocenters. The molecule has 0 aliphatic carbocycles. The Morgan fingerprint density at radius 2 is 1.88 bits per heavy atom. The van der Waals surface area contributed by atoms with Crippen molar-refractivity contribution >= 4 is 23.1 Å². The highest BCUT2D eigenvalue weighted by Crippen LogP contribution is 2.12. The maximum absolute atomic E-state index is 11.4. The standard InChI is InChI=1S/C11H11ClN4O/c12-7-3-1-6(2-4-7)5-8-15-10(14)9(13)11(17)16-8/h1-4H,5,13H2,(H3,14,15,16,17). The second kappa shape index (κ2) is 4.47. The molecule has 5 N–H and O–H groups in total. The Morgan fingerprint density at radius 1 is 1.24 bits per heavy atom. The summed E-state index contributed by atoms with van der Waals surface area (Å²) in [5.41, 5.74) is 11.4. The summed E-state index contributed by atoms with van der Waals surface area (Å²) in [7, 11) is 0. The predicted octanol–water partition coefficient (Wildman–Crippen LogP) is 1.18. The van der Waals surface area contributed by atoms with Crippen LogP contribution in [-0.2, 0) is 6.42 Å². The molecule has 5 nitrogen and oxygen atoms in total. The molecule has 17 heavy (non-hydrogen) atoms. The molecule has 0 fully saturated rings. The summed E-state index contributed by atoms with van der Waals surface area (Å²) in [6.45, 7) is 0. The molecule has 0 radical (unpaired) electrons. The first kappa shape index (κ1) is 11.5. The van der Waals surface area contributed by atoms with E-state index >= 15 is 0 Å². The zero-order valence-electron chi connectivity index (χ0n) is 8.90. The van der Waals surface area contributed by atoms with E-state index in [-0.39, 0.29) is 11.5 Å². The molecule has 1 heterocycles. The van der Waals surface area contributed by atoms with Crippen molar-refractivity contribution in [3.8, 4) is 0 Å². The molecule has 0 spiro atoms. The minimum atomic E-state index is -0.415. The molecule has 88 valence electrons. The Labute approximate surface area is 102 Å². The van der Waals surface area contributed by atoms with Crippen LogP contribution in [0.4, 0.5) is 11.5 Å². The number of hydrogen-bond donors (Lipinski definition) is 3. The second-order valence-electron chi connectivity index (χ2n) is 3.61. The Balaban J connectivity index is 2.30. The van der Waals surface area contributed by atoms with Crippen molar-refractivity contribution in [3.63, 3.8) is 0 Å². The molecule has 0 unspecified atom stereocenters. The van der Waals surface area contributed by atoms with Crippen LogP contribution in [0.2, 0.25) is 5.02 Å². The Hall–Kier alpha value is -2.01. The van der Waals surface area contributed by atoms with E-state index < -0.39 is 5.56 Å². The molecule has 0 aliphatic rings. The van der Waals surface area contributed by atoms with Gasteiger partial charge in [-0.15, -0.1) is 0 Å². The first-order chi connectivity index (χ1) is 8.06. The number of nitrogens with two attached hydrogens (primary N) is 2. The van der Waals surface area contributed by atoms with Gasteiger partial charge in [0, 0.05) is 11.4 Å². The van der Waals surface area contributed by atoms with Crippen molar-refractivity contribution in [2.75, 3.05) is 11.5 Å². The first-order valence-electron chi connectivity index (χ1n) is 4.95. The largest absolute Gasteiger partial charge is 0.391 e. The SMILES string of the molecule is Nc1nc(Cc2ccc(Cl)cc2)[nH]c(=O)c1N. The molecule has 0 amide bonds. The van der Waals surface area contributed by atoms with Crippen LogP contribution in [0.1, 0.15) is 11.4 Å². The number of halogens is 1. The molecule has 0 saturated carbocycles. The molecular weight excluding hydrogens is 240 g/mol. The number of aromatic amines is 1. The van der Waals surface area contributed by atoms with Crippen molar-refractivity contribution in [2.45, 2.75) is 6.42 Å². The van der Waals surface area contributed by atoms with Crippen LogP contribution in [0, 0.1) is 0 Å². The molecule has 2 rings (SSSR count). The smallest absolute Gasteiger partial charge is 0.276 e. The lowest BCUT2D eigenvalue weighted by Crippen LogP contribution is -2.18. The van der Waals surface area contributed by atoms with Crippen LogP contribution < -0.4 is 17.0 Å². The van der Waals surface area contributed by atoms with Crippen LogP contribution in [0.3, 0.4) is 0 Å². The number of H-pyrrole nitrogens is 1. The Kier molecular flexibility index (Phi) is 3.01. The van der Waals surface area contributed by atoms with Crippen molar-refractivity contribution in [2.24, 2.45) is 0 Å². The lowest BCUT2D eigenvalue weighted by Gasteiger charge is -2.04. The number of benzene rings is 1. The number of rotatable bonds is 2. The normalized spacial score (nSPS) is 10.4. The summed E-state index contributed by atoms with van der Waals surface area (Å²) in [4.78, 5) is 18.0. The zero-order valence-corrected chi connectivity index (χ0v) is 9.66. The fraction of sp³-hybridized carbons (Fsp3) is 0.0909. The van der Waals surface area contributed by atoms with E-state index in [1.165, 1.54) is 0 Å². The third-order valence-electron chi connectivity index (χ3n) is 2.32. The van der Waals surface area contributed by atoms with Crippen LogP contribution in [0.15, 0.2) is 29.1 Å². The van der Waals surface area contributed by atoms with Crippen LogP contribution in [-0.4, -0.2) is 9.97 Å². The maximum Gasteiger partial charge on any atom is 0.276 e. The predicted molar refractivity (Wildman–Crippen MR) is 67.9 cm³/mol. The molecular formula is C11H11ClN4O. The van der Waals surface area contributed by atoms with E-state index in [0.29, 0.717) is 17.3 Å². The fourth-order valence-electron chi connectivity index (χ4n) is 1.43. The quantitative estimate of drug-likeness (QED) is 0.745. The van der Waals surface area contributed by atoms with Gasteiger partial charge in [-0.2, -0.15) is 0 Å². The molecule has 1 aromatic carbocycles. The number of anilines is 2. The van der Waals surface area contributed by atoms with Gasteiger partial charge in [0.25, 0.3) is 5.56 Å². The molecule has 6 heteroatoms. The van der Waals surface area contributed by atoms with Crippen molar-refractivity contribution in [3.05, 3.63) is 51.0 Å². The minimum Gasteiger partial charge on any atom is -0.391 e. The number of nitrogens with zero attached hydrogens (tertiary/aromatic N) is 1. The van der Waals surface area contributed by atoms with Crippen molar-refractivity contribution in [1.82, 2.24) is 9.97 Å². The summed E-state index contributed by atoms with van der Waals surface area (Å²) in [6, 6.07) is 7.26. The topological polar surface area (TPSA) is 97.8 Å². The summed E-state index contributed by atoms with van der Waals surface area (Å²) in [6.07, 6.45) is 0.469. The van der Waals surface area contributed by atoms with Gasteiger partial charge in [0.15, 0.2) is 5.82 Å². The van der Waals surface area contributed by atoms with E-state index in [9.17, 15) is 4.79 Å². The second-order valence-corrected chi connectivity index (χ2v) is 4.05. The third kappa shape index (κ3) is 2.57. The van der Waals surface area contributed by atoms with Crippen LogP contribution >= 0.6 is 11.6 Å². The van der Waals surface area contributed by atoms with Crippen molar-refractivity contribution in [1.29, 1.82) is 0 Å². The highest BCUT2D eigenvalue weighted by molar-refractivity contribution is 6.30. The highest BCUT2D eigenvalue weighted by Gasteiger charge is 2.05. The lowest BCUT2D eigenvalue weighted by atomic mass is 10.1. The minimum absolute atomic E-state index is 0.0511. The van der Waals surface area contributed by atoms with Crippen LogP contribution in [0.25, 0.3) is 0 Å². The lowest BCUT2D eigenvalue weighted by molar-refractivity contribution is 0.956. The van der Waals surface area contributed by atoms with Gasteiger partial charge in [0.1, 0.15) is 11.5 Å². The van der Waals surface area contributed by atoms with Crippen LogP contribution in [0.5, 0.6) is 0 Å². The molecule has 2 aromatic rings. The number of nitrogen functional groups attached to an aromatic ring is 2. The van der Waals surface area contributed by atoms with Gasteiger partial charge in [-0.1, -0.05) is 23.7 Å². The maximum atomic E-state index is 11.4. The average Bonchev–Trinajstić information content (AvgIpc) is 2.29. The van der Waals surface area contributed by atoms with Gasteiger partial charge < -0.3 is 16.5 Å². The van der Waals surface area contributed by atoms with E-state index in [0.717, 1.165) is 5.56 Å². The number of aromatic nitrogens is 2. The summed E-state index contributed by atoms with van der Waals surface area (Å²) in [5.74, 6) is 0.529. The molecule has 1 aromatic heterocycles. The average molecular weight is 251 g/mol. The number of nitrogens with one attached hydrogen (secondary N) is 1. The van der Waals surface area contributed by atoms with Gasteiger partial charge in [-0.05, 0) is 17.7 Å². The monoisotopic (exact) mass is 250 g/mol. The summed E-state index contributed by atoms with van der Waals surface area (Å²) in [5, 5.41) is 0.659. The van der Waals surface area contributed by atoms with Gasteiger partial charge >= 0.3 is 0 Å². The molecule has 0 bridgehead atoms. The zero-order chi connectivity index (χ0) is 12.4. The fourth-order valence-corrected chi connectivity index (χ4v) is 1.55. The summed E-state index contributed by atoms with van der Waals surface area (Å²) >= 11 is 5.78. The van der Waals surface area contributed by atoms with E-state index in [1.807, 2.05) is 12.1 Å². The van der Waals surface area contributed by atoms with Gasteiger partial charge in [0.2, 0.25) is 0 Å².